The molecule has 1 fully saturated rings. The maximum Gasteiger partial charge on any atom is 0.459 e. The summed E-state index contributed by atoms with van der Waals surface area (Å²) in [6, 6.07) is 6.22. The zero-order valence-electron chi connectivity index (χ0n) is 19.5. The Morgan fingerprint density at radius 2 is 1.92 bits per heavy atom. The van der Waals surface area contributed by atoms with Gasteiger partial charge in [0.05, 0.1) is 22.9 Å². The fourth-order valence-corrected chi connectivity index (χ4v) is 3.62. The van der Waals surface area contributed by atoms with Crippen LogP contribution in [0.25, 0.3) is 16.9 Å². The number of amides is 1. The van der Waals surface area contributed by atoms with Gasteiger partial charge in [0, 0.05) is 25.9 Å². The van der Waals surface area contributed by atoms with Crippen molar-refractivity contribution in [3.8, 4) is 17.2 Å². The number of carbonyl (C=O) groups excluding carboxylic acids is 1. The van der Waals surface area contributed by atoms with Crippen LogP contribution in [0.5, 0.6) is 0 Å². The van der Waals surface area contributed by atoms with Gasteiger partial charge in [0.25, 0.3) is 5.91 Å². The van der Waals surface area contributed by atoms with Gasteiger partial charge < -0.3 is 15.0 Å². The lowest BCUT2D eigenvalue weighted by atomic mass is 10.0. The van der Waals surface area contributed by atoms with E-state index < -0.39 is 47.4 Å². The van der Waals surface area contributed by atoms with E-state index in [0.29, 0.717) is 17.5 Å². The third-order valence-electron chi connectivity index (χ3n) is 5.78. The molecule has 1 aliphatic rings. The molecular weight excluding hydrogens is 549 g/mol. The third-order valence-corrected chi connectivity index (χ3v) is 6.11. The molecule has 0 atom stereocenters. The number of hydrogen-bond donors (Lipinski definition) is 2. The molecule has 0 bridgehead atoms. The summed E-state index contributed by atoms with van der Waals surface area (Å²) in [5, 5.41) is 22.7. The first-order valence-electron chi connectivity index (χ1n) is 10.5. The topological polar surface area (TPSA) is 107 Å². The van der Waals surface area contributed by atoms with E-state index in [0.717, 1.165) is 19.4 Å². The highest BCUT2D eigenvalue weighted by molar-refractivity contribution is 6.34. The van der Waals surface area contributed by atoms with Crippen LogP contribution in [0.15, 0.2) is 36.4 Å². The Morgan fingerprint density at radius 1 is 1.29 bits per heavy atom. The Balaban J connectivity index is 2.04. The SMILES string of the molecule is CN/C(=C(/OC(F)F)C(=N)C(F)(F)C(F)(F)F)n1cc(-c2ccc(Cl)c(C(=O)N(C)C3(C#N)CC3)c2)cn1. The van der Waals surface area contributed by atoms with E-state index in [1.165, 1.54) is 30.1 Å². The van der Waals surface area contributed by atoms with Crippen LogP contribution in [0.4, 0.5) is 30.7 Å². The third kappa shape index (κ3) is 5.26. The Labute approximate surface area is 215 Å². The van der Waals surface area contributed by atoms with Crippen LogP contribution >= 0.6 is 11.6 Å². The number of nitrogens with zero attached hydrogens (tertiary/aromatic N) is 4. The molecule has 1 saturated carbocycles. The van der Waals surface area contributed by atoms with E-state index in [1.807, 2.05) is 0 Å². The van der Waals surface area contributed by atoms with Crippen molar-refractivity contribution in [1.29, 1.82) is 10.7 Å². The largest absolute Gasteiger partial charge is 0.459 e. The molecule has 204 valence electrons. The van der Waals surface area contributed by atoms with Crippen LogP contribution in [-0.4, -0.2) is 64.6 Å². The number of halogens is 8. The highest BCUT2D eigenvalue weighted by Crippen LogP contribution is 2.42. The van der Waals surface area contributed by atoms with E-state index in [-0.39, 0.29) is 21.7 Å². The Bertz CT molecular complexity index is 1330. The smallest absolute Gasteiger partial charge is 0.429 e. The van der Waals surface area contributed by atoms with Gasteiger partial charge in [-0.3, -0.25) is 10.2 Å². The molecule has 1 aliphatic carbocycles. The molecular formula is C22H18ClF7N6O2. The number of nitriles is 1. The van der Waals surface area contributed by atoms with E-state index in [2.05, 4.69) is 21.2 Å². The molecule has 1 amide bonds. The van der Waals surface area contributed by atoms with E-state index in [1.54, 1.807) is 0 Å². The predicted molar refractivity (Wildman–Crippen MR) is 120 cm³/mol. The lowest BCUT2D eigenvalue weighted by Crippen LogP contribution is -2.45. The molecule has 38 heavy (non-hydrogen) atoms. The van der Waals surface area contributed by atoms with Gasteiger partial charge in [-0.25, -0.2) is 4.68 Å². The number of carbonyl (C=O) groups is 1. The van der Waals surface area contributed by atoms with Gasteiger partial charge in [0.1, 0.15) is 5.54 Å². The van der Waals surface area contributed by atoms with E-state index in [9.17, 15) is 40.8 Å². The number of ether oxygens (including phenoxy) is 1. The summed E-state index contributed by atoms with van der Waals surface area (Å²) in [7, 11) is 2.45. The molecule has 0 spiro atoms. The molecule has 2 aromatic rings. The summed E-state index contributed by atoms with van der Waals surface area (Å²) in [6.07, 6.45) is -3.14. The maximum absolute atomic E-state index is 13.8. The molecule has 1 heterocycles. The predicted octanol–water partition coefficient (Wildman–Crippen LogP) is 5.13. The molecule has 0 saturated heterocycles. The number of alkyl halides is 7. The van der Waals surface area contributed by atoms with Gasteiger partial charge in [-0.15, -0.1) is 0 Å². The molecule has 16 heteroatoms. The summed E-state index contributed by atoms with van der Waals surface area (Å²) in [5.41, 5.74) is -3.06. The average molecular weight is 567 g/mol. The number of rotatable bonds is 9. The molecule has 3 rings (SSSR count). The fourth-order valence-electron chi connectivity index (χ4n) is 3.42. The van der Waals surface area contributed by atoms with Crippen molar-refractivity contribution in [2.24, 2.45) is 0 Å². The second-order valence-electron chi connectivity index (χ2n) is 8.13. The number of nitrogens with one attached hydrogen (secondary N) is 2. The minimum absolute atomic E-state index is 0.0126. The van der Waals surface area contributed by atoms with Crippen molar-refractivity contribution in [2.75, 3.05) is 14.1 Å². The van der Waals surface area contributed by atoms with Gasteiger partial charge in [-0.2, -0.15) is 41.1 Å². The van der Waals surface area contributed by atoms with E-state index in [4.69, 9.17) is 17.0 Å². The van der Waals surface area contributed by atoms with Crippen LogP contribution in [0.2, 0.25) is 5.02 Å². The summed E-state index contributed by atoms with van der Waals surface area (Å²) in [6.45, 7) is -3.85. The minimum atomic E-state index is -6.26. The Morgan fingerprint density at radius 3 is 2.42 bits per heavy atom. The molecule has 0 aliphatic heterocycles. The van der Waals surface area contributed by atoms with Gasteiger partial charge in [0.15, 0.2) is 17.3 Å². The molecule has 1 aromatic heterocycles. The molecule has 0 unspecified atom stereocenters. The van der Waals surface area contributed by atoms with Crippen molar-refractivity contribution in [3.05, 3.63) is 46.9 Å². The number of aromatic nitrogens is 2. The quantitative estimate of drug-likeness (QED) is 0.248. The van der Waals surface area contributed by atoms with Crippen LogP contribution in [0.3, 0.4) is 0 Å². The highest BCUT2D eigenvalue weighted by atomic mass is 35.5. The Kier molecular flexibility index (Phi) is 7.69. The zero-order chi connectivity index (χ0) is 28.6. The number of hydrogen-bond acceptors (Lipinski definition) is 6. The van der Waals surface area contributed by atoms with Crippen molar-refractivity contribution in [1.82, 2.24) is 20.0 Å². The average Bonchev–Trinajstić information content (AvgIpc) is 3.51. The summed E-state index contributed by atoms with van der Waals surface area (Å²) >= 11 is 6.18. The van der Waals surface area contributed by atoms with Crippen LogP contribution in [0, 0.1) is 16.7 Å². The monoisotopic (exact) mass is 566 g/mol. The van der Waals surface area contributed by atoms with Gasteiger partial charge in [-0.1, -0.05) is 17.7 Å². The summed E-state index contributed by atoms with van der Waals surface area (Å²) < 4.78 is 96.4. The molecule has 0 radical (unpaired) electrons. The van der Waals surface area contributed by atoms with Gasteiger partial charge >= 0.3 is 18.7 Å². The lowest BCUT2D eigenvalue weighted by molar-refractivity contribution is -0.250. The molecule has 1 aromatic carbocycles. The first-order chi connectivity index (χ1) is 17.6. The zero-order valence-corrected chi connectivity index (χ0v) is 20.3. The van der Waals surface area contributed by atoms with Crippen LogP contribution in [0.1, 0.15) is 23.2 Å². The molecule has 8 nitrogen and oxygen atoms in total. The fraction of sp³-hybridized carbons (Fsp3) is 0.364. The van der Waals surface area contributed by atoms with Gasteiger partial charge in [-0.05, 0) is 30.5 Å². The first-order valence-corrected chi connectivity index (χ1v) is 10.9. The van der Waals surface area contributed by atoms with Crippen molar-refractivity contribution < 1.29 is 40.3 Å². The summed E-state index contributed by atoms with van der Waals surface area (Å²) in [4.78, 5) is 14.2. The summed E-state index contributed by atoms with van der Waals surface area (Å²) in [5.74, 6) is -9.09. The minimum Gasteiger partial charge on any atom is -0.429 e. The second kappa shape index (κ2) is 10.2. The van der Waals surface area contributed by atoms with Crippen LogP contribution in [-0.2, 0) is 4.74 Å². The highest BCUT2D eigenvalue weighted by Gasteiger charge is 2.62. The van der Waals surface area contributed by atoms with Crippen molar-refractivity contribution >= 4 is 29.0 Å². The molecule has 2 N–H and O–H groups in total. The number of allylic oxidation sites excluding steroid dienone is 1. The van der Waals surface area contributed by atoms with Crippen molar-refractivity contribution in [2.45, 2.75) is 37.1 Å². The van der Waals surface area contributed by atoms with E-state index >= 15 is 0 Å². The van der Waals surface area contributed by atoms with Gasteiger partial charge in [0.2, 0.25) is 0 Å². The first kappa shape index (κ1) is 28.8. The normalized spacial score (nSPS) is 15.4. The standard InChI is InChI=1S/C22H18ClF7N6O2/c1-33-17(15(38-19(24)25)16(32)21(26,27)22(28,29)30)36-9-12(8-34-36)11-3-4-14(23)13(7-11)18(37)35(2)20(10-31)5-6-20/h3-4,7-9,19,32-33H,5-6H2,1-2H3/b17-15-,32-16?. The van der Waals surface area contributed by atoms with Crippen molar-refractivity contribution in [3.63, 3.8) is 0 Å². The Hall–Kier alpha value is -3.80. The van der Waals surface area contributed by atoms with Crippen LogP contribution < -0.4 is 5.32 Å². The second-order valence-corrected chi connectivity index (χ2v) is 8.54. The lowest BCUT2D eigenvalue weighted by Gasteiger charge is -2.23. The maximum atomic E-state index is 13.8. The number of benzene rings is 1.